The molecule has 140 valence electrons. The number of carbonyl (C=O) groups is 1. The molecule has 2 heterocycles. The molecule has 2 fully saturated rings. The van der Waals surface area contributed by atoms with Crippen LogP contribution >= 0.6 is 24.8 Å². The van der Waals surface area contributed by atoms with Crippen molar-refractivity contribution in [1.82, 2.24) is 10.3 Å². The molecular formula is C19H23Cl2N3O2. The van der Waals surface area contributed by atoms with Gasteiger partial charge < -0.3 is 15.4 Å². The van der Waals surface area contributed by atoms with Crippen LogP contribution in [0.1, 0.15) is 19.3 Å². The lowest BCUT2D eigenvalue weighted by molar-refractivity contribution is -0.118. The van der Waals surface area contributed by atoms with Crippen LogP contribution in [0.25, 0.3) is 0 Å². The predicted molar refractivity (Wildman–Crippen MR) is 107 cm³/mol. The Morgan fingerprint density at radius 2 is 1.65 bits per heavy atom. The molecule has 1 atom stereocenters. The number of hydrogen-bond donors (Lipinski definition) is 2. The number of rotatable bonds is 4. The Kier molecular flexibility index (Phi) is 6.87. The fourth-order valence-electron chi connectivity index (χ4n) is 3.57. The number of benzene rings is 1. The Bertz CT molecular complexity index is 719. The minimum atomic E-state index is 0. The van der Waals surface area contributed by atoms with Crippen LogP contribution in [-0.4, -0.2) is 24.0 Å². The molecule has 1 saturated heterocycles. The van der Waals surface area contributed by atoms with Gasteiger partial charge in [0.25, 0.3) is 0 Å². The van der Waals surface area contributed by atoms with Gasteiger partial charge in [-0.2, -0.15) is 0 Å². The van der Waals surface area contributed by atoms with Crippen molar-refractivity contribution in [3.05, 3.63) is 48.8 Å². The number of pyridine rings is 1. The topological polar surface area (TPSA) is 63.2 Å². The average molecular weight is 396 g/mol. The Labute approximate surface area is 165 Å². The largest absolute Gasteiger partial charge is 0.457 e. The molecule has 1 aliphatic heterocycles. The second kappa shape index (κ2) is 8.71. The number of halogens is 2. The van der Waals surface area contributed by atoms with E-state index in [9.17, 15) is 4.79 Å². The highest BCUT2D eigenvalue weighted by molar-refractivity contribution is 5.95. The molecule has 1 aliphatic carbocycles. The summed E-state index contributed by atoms with van der Waals surface area (Å²) < 4.78 is 5.73. The summed E-state index contributed by atoms with van der Waals surface area (Å²) in [5, 5.41) is 6.41. The van der Waals surface area contributed by atoms with Crippen LogP contribution in [0, 0.1) is 11.3 Å². The van der Waals surface area contributed by atoms with Gasteiger partial charge in [0.05, 0.1) is 0 Å². The summed E-state index contributed by atoms with van der Waals surface area (Å²) in [5.41, 5.74) is 1.08. The molecule has 7 heteroatoms. The van der Waals surface area contributed by atoms with Crippen LogP contribution in [0.2, 0.25) is 0 Å². The van der Waals surface area contributed by atoms with Crippen LogP contribution in [0.5, 0.6) is 11.5 Å². The van der Waals surface area contributed by atoms with Gasteiger partial charge in [-0.25, -0.2) is 0 Å². The van der Waals surface area contributed by atoms with Gasteiger partial charge in [0, 0.05) is 24.0 Å². The van der Waals surface area contributed by atoms with Crippen molar-refractivity contribution in [2.45, 2.75) is 19.3 Å². The van der Waals surface area contributed by atoms with Crippen LogP contribution in [0.4, 0.5) is 5.69 Å². The predicted octanol–water partition coefficient (Wildman–Crippen LogP) is 4.05. The second-order valence-electron chi connectivity index (χ2n) is 6.67. The minimum Gasteiger partial charge on any atom is -0.457 e. The average Bonchev–Trinajstić information content (AvgIpc) is 3.31. The van der Waals surface area contributed by atoms with Crippen molar-refractivity contribution in [2.24, 2.45) is 11.3 Å². The van der Waals surface area contributed by atoms with E-state index in [4.69, 9.17) is 4.74 Å². The SMILES string of the molecule is Cl.Cl.O=C(Nc1ccc(Oc2ccncc2)cc1)C1CC12CCNCC2. The third kappa shape index (κ3) is 4.47. The van der Waals surface area contributed by atoms with E-state index in [1.807, 2.05) is 24.3 Å². The molecule has 1 aromatic carbocycles. The van der Waals surface area contributed by atoms with Gasteiger partial charge in [0.1, 0.15) is 11.5 Å². The molecule has 4 rings (SSSR count). The summed E-state index contributed by atoms with van der Waals surface area (Å²) in [7, 11) is 0. The fraction of sp³-hybridized carbons (Fsp3) is 0.368. The Morgan fingerprint density at radius 1 is 1.04 bits per heavy atom. The van der Waals surface area contributed by atoms with Gasteiger partial charge in [-0.05, 0) is 74.2 Å². The number of ether oxygens (including phenoxy) is 1. The lowest BCUT2D eigenvalue weighted by Gasteiger charge is -2.23. The van der Waals surface area contributed by atoms with Gasteiger partial charge in [0.2, 0.25) is 5.91 Å². The van der Waals surface area contributed by atoms with E-state index in [1.54, 1.807) is 24.5 Å². The third-order valence-electron chi connectivity index (χ3n) is 5.11. The summed E-state index contributed by atoms with van der Waals surface area (Å²) in [6.45, 7) is 2.07. The maximum atomic E-state index is 12.5. The highest BCUT2D eigenvalue weighted by Gasteiger charge is 2.57. The van der Waals surface area contributed by atoms with Gasteiger partial charge in [-0.15, -0.1) is 24.8 Å². The molecule has 1 aromatic heterocycles. The first-order chi connectivity index (χ1) is 11.8. The first-order valence-corrected chi connectivity index (χ1v) is 8.45. The lowest BCUT2D eigenvalue weighted by Crippen LogP contribution is -2.31. The Morgan fingerprint density at radius 3 is 2.31 bits per heavy atom. The van der Waals surface area contributed by atoms with E-state index in [2.05, 4.69) is 15.6 Å². The third-order valence-corrected chi connectivity index (χ3v) is 5.11. The lowest BCUT2D eigenvalue weighted by atomic mass is 9.92. The smallest absolute Gasteiger partial charge is 0.228 e. The molecule has 1 saturated carbocycles. The summed E-state index contributed by atoms with van der Waals surface area (Å²) in [5.74, 6) is 1.81. The van der Waals surface area contributed by atoms with E-state index < -0.39 is 0 Å². The summed E-state index contributed by atoms with van der Waals surface area (Å²) in [6.07, 6.45) is 6.64. The Hall–Kier alpha value is -1.82. The maximum absolute atomic E-state index is 12.5. The number of anilines is 1. The number of carbonyl (C=O) groups excluding carboxylic acids is 1. The van der Waals surface area contributed by atoms with E-state index in [-0.39, 0.29) is 42.1 Å². The quantitative estimate of drug-likeness (QED) is 0.819. The highest BCUT2D eigenvalue weighted by atomic mass is 35.5. The first-order valence-electron chi connectivity index (χ1n) is 8.45. The normalized spacial score (nSPS) is 19.6. The van der Waals surface area contributed by atoms with Crippen molar-refractivity contribution in [1.29, 1.82) is 0 Å². The van der Waals surface area contributed by atoms with Gasteiger partial charge >= 0.3 is 0 Å². The Balaban J connectivity index is 0.00000121. The standard InChI is InChI=1S/C19H21N3O2.2ClH/c23-18(17-13-19(17)7-11-21-12-8-19)22-14-1-3-15(4-2-14)24-16-5-9-20-10-6-16;;/h1-6,9-10,17,21H,7-8,11-13H2,(H,22,23);2*1H. The molecule has 2 aromatic rings. The van der Waals surface area contributed by atoms with Crippen LogP contribution in [0.15, 0.2) is 48.8 Å². The van der Waals surface area contributed by atoms with Crippen molar-refractivity contribution in [2.75, 3.05) is 18.4 Å². The molecule has 2 aliphatic rings. The summed E-state index contributed by atoms with van der Waals surface area (Å²) in [6, 6.07) is 11.1. The zero-order valence-corrected chi connectivity index (χ0v) is 15.9. The fourth-order valence-corrected chi connectivity index (χ4v) is 3.57. The molecule has 26 heavy (non-hydrogen) atoms. The van der Waals surface area contributed by atoms with Crippen molar-refractivity contribution in [3.8, 4) is 11.5 Å². The number of piperidine rings is 1. The number of hydrogen-bond acceptors (Lipinski definition) is 4. The number of nitrogens with one attached hydrogen (secondary N) is 2. The number of amides is 1. The van der Waals surface area contributed by atoms with Gasteiger partial charge in [0.15, 0.2) is 0 Å². The number of nitrogens with zero attached hydrogens (tertiary/aromatic N) is 1. The molecule has 1 amide bonds. The van der Waals surface area contributed by atoms with Crippen LogP contribution in [0.3, 0.4) is 0 Å². The van der Waals surface area contributed by atoms with Crippen molar-refractivity contribution < 1.29 is 9.53 Å². The van der Waals surface area contributed by atoms with E-state index in [0.29, 0.717) is 0 Å². The highest BCUT2D eigenvalue weighted by Crippen LogP contribution is 2.58. The maximum Gasteiger partial charge on any atom is 0.228 e. The first kappa shape index (κ1) is 20.5. The summed E-state index contributed by atoms with van der Waals surface area (Å²) in [4.78, 5) is 16.4. The van der Waals surface area contributed by atoms with E-state index in [0.717, 1.165) is 49.5 Å². The summed E-state index contributed by atoms with van der Waals surface area (Å²) >= 11 is 0. The van der Waals surface area contributed by atoms with Crippen LogP contribution in [-0.2, 0) is 4.79 Å². The molecule has 5 nitrogen and oxygen atoms in total. The zero-order valence-electron chi connectivity index (χ0n) is 14.3. The van der Waals surface area contributed by atoms with Crippen molar-refractivity contribution >= 4 is 36.4 Å². The van der Waals surface area contributed by atoms with E-state index >= 15 is 0 Å². The minimum absolute atomic E-state index is 0. The molecule has 1 spiro atoms. The van der Waals surface area contributed by atoms with E-state index in [1.165, 1.54) is 0 Å². The zero-order chi connectivity index (χ0) is 16.4. The number of aromatic nitrogens is 1. The van der Waals surface area contributed by atoms with Crippen molar-refractivity contribution in [3.63, 3.8) is 0 Å². The molecule has 0 radical (unpaired) electrons. The molecule has 0 bridgehead atoms. The monoisotopic (exact) mass is 395 g/mol. The molecule has 2 N–H and O–H groups in total. The second-order valence-corrected chi connectivity index (χ2v) is 6.67. The van der Waals surface area contributed by atoms with Crippen LogP contribution < -0.4 is 15.4 Å². The van der Waals surface area contributed by atoms with Gasteiger partial charge in [-0.3, -0.25) is 9.78 Å². The molecule has 1 unspecified atom stereocenters. The molecular weight excluding hydrogens is 373 g/mol. The van der Waals surface area contributed by atoms with Gasteiger partial charge in [-0.1, -0.05) is 0 Å².